The Kier molecular flexibility index (Phi) is 1.70. The molecule has 1 aliphatic heterocycles. The Balaban J connectivity index is 2.48. The lowest BCUT2D eigenvalue weighted by molar-refractivity contribution is 0.0696. The van der Waals surface area contributed by atoms with E-state index in [-0.39, 0.29) is 5.56 Å². The van der Waals surface area contributed by atoms with Crippen molar-refractivity contribution < 1.29 is 14.6 Å². The van der Waals surface area contributed by atoms with Gasteiger partial charge in [-0.25, -0.2) is 9.78 Å². The van der Waals surface area contributed by atoms with Crippen LogP contribution in [0.1, 0.15) is 10.4 Å². The maximum absolute atomic E-state index is 10.6. The first-order valence-corrected chi connectivity index (χ1v) is 3.66. The van der Waals surface area contributed by atoms with Crippen LogP contribution in [0.5, 0.6) is 5.88 Å². The molecule has 1 N–H and O–H groups in total. The number of aliphatic imine (C=N–C) groups is 1. The molecule has 0 unspecified atom stereocenters. The third-order valence-corrected chi connectivity index (χ3v) is 1.60. The van der Waals surface area contributed by atoms with Gasteiger partial charge in [-0.15, -0.1) is 0 Å². The fraction of sp³-hybridized carbons (Fsp3) is 0.125. The highest BCUT2D eigenvalue weighted by atomic mass is 16.5. The van der Waals surface area contributed by atoms with E-state index in [2.05, 4.69) is 9.98 Å². The quantitative estimate of drug-likeness (QED) is 0.692. The maximum Gasteiger partial charge on any atom is 0.337 e. The van der Waals surface area contributed by atoms with Crippen molar-refractivity contribution in [3.63, 3.8) is 0 Å². The van der Waals surface area contributed by atoms with Crippen LogP contribution in [0.2, 0.25) is 0 Å². The highest BCUT2D eigenvalue weighted by molar-refractivity contribution is 5.89. The summed E-state index contributed by atoms with van der Waals surface area (Å²) in [5.74, 6) is -0.636. The van der Waals surface area contributed by atoms with Crippen LogP contribution in [-0.2, 0) is 0 Å². The standard InChI is InChI=1S/C8H6N2O3/c11-8(12)5-3-6-7(10-4-5)13-2-1-9-6/h1,3-4H,2H2,(H,11,12). The lowest BCUT2D eigenvalue weighted by atomic mass is 10.2. The predicted molar refractivity (Wildman–Crippen MR) is 44.8 cm³/mol. The van der Waals surface area contributed by atoms with Gasteiger partial charge in [0, 0.05) is 12.4 Å². The van der Waals surface area contributed by atoms with Crippen molar-refractivity contribution >= 4 is 17.9 Å². The molecule has 0 saturated heterocycles. The van der Waals surface area contributed by atoms with Crippen LogP contribution < -0.4 is 4.74 Å². The first kappa shape index (κ1) is 7.72. The number of hydrogen-bond donors (Lipinski definition) is 1. The van der Waals surface area contributed by atoms with Crippen LogP contribution in [-0.4, -0.2) is 28.9 Å². The minimum atomic E-state index is -1.02. The summed E-state index contributed by atoms with van der Waals surface area (Å²) in [5.41, 5.74) is 0.576. The van der Waals surface area contributed by atoms with E-state index >= 15 is 0 Å². The summed E-state index contributed by atoms with van der Waals surface area (Å²) < 4.78 is 5.10. The number of fused-ring (bicyclic) bond motifs is 1. The fourth-order valence-electron chi connectivity index (χ4n) is 1.01. The first-order chi connectivity index (χ1) is 6.27. The predicted octanol–water partition coefficient (Wildman–Crippen LogP) is 0.874. The monoisotopic (exact) mass is 178 g/mol. The molecule has 1 aromatic rings. The fourth-order valence-corrected chi connectivity index (χ4v) is 1.01. The van der Waals surface area contributed by atoms with Gasteiger partial charge in [-0.2, -0.15) is 0 Å². The molecule has 0 radical (unpaired) electrons. The number of nitrogens with zero attached hydrogens (tertiary/aromatic N) is 2. The molecule has 0 bridgehead atoms. The van der Waals surface area contributed by atoms with Crippen LogP contribution in [0.15, 0.2) is 17.3 Å². The van der Waals surface area contributed by atoms with E-state index < -0.39 is 5.97 Å². The SMILES string of the molecule is O=C(O)c1cnc2c(c1)N=CCO2. The molecule has 5 heteroatoms. The molecule has 1 aliphatic rings. The molecule has 2 heterocycles. The zero-order valence-electron chi connectivity index (χ0n) is 6.60. The van der Waals surface area contributed by atoms with Gasteiger partial charge in [0.15, 0.2) is 0 Å². The molecule has 0 fully saturated rings. The molecule has 66 valence electrons. The first-order valence-electron chi connectivity index (χ1n) is 3.66. The van der Waals surface area contributed by atoms with E-state index in [4.69, 9.17) is 9.84 Å². The summed E-state index contributed by atoms with van der Waals surface area (Å²) in [4.78, 5) is 18.3. The molecular formula is C8H6N2O3. The number of ether oxygens (including phenoxy) is 1. The Bertz CT molecular complexity index is 387. The number of pyridine rings is 1. The second-order valence-electron chi connectivity index (χ2n) is 2.48. The molecule has 0 atom stereocenters. The number of carboxylic acid groups (broad SMARTS) is 1. The van der Waals surface area contributed by atoms with Gasteiger partial charge >= 0.3 is 5.97 Å². The second-order valence-corrected chi connectivity index (χ2v) is 2.48. The molecule has 1 aromatic heterocycles. The van der Waals surface area contributed by atoms with Crippen LogP contribution >= 0.6 is 0 Å². The Labute approximate surface area is 73.7 Å². The van der Waals surface area contributed by atoms with Crippen LogP contribution in [0.3, 0.4) is 0 Å². The zero-order chi connectivity index (χ0) is 9.26. The van der Waals surface area contributed by atoms with Gasteiger partial charge in [0.1, 0.15) is 12.3 Å². The summed E-state index contributed by atoms with van der Waals surface area (Å²) in [6.07, 6.45) is 2.82. The maximum atomic E-state index is 10.6. The van der Waals surface area contributed by atoms with Gasteiger partial charge < -0.3 is 9.84 Å². The van der Waals surface area contributed by atoms with Gasteiger partial charge in [0.2, 0.25) is 5.88 Å². The van der Waals surface area contributed by atoms with Crippen molar-refractivity contribution in [2.75, 3.05) is 6.61 Å². The highest BCUT2D eigenvalue weighted by Gasteiger charge is 2.11. The number of aromatic nitrogens is 1. The van der Waals surface area contributed by atoms with E-state index in [0.29, 0.717) is 18.2 Å². The summed E-state index contributed by atoms with van der Waals surface area (Å²) in [7, 11) is 0. The topological polar surface area (TPSA) is 71.8 Å². The van der Waals surface area contributed by atoms with Crippen molar-refractivity contribution in [3.05, 3.63) is 17.8 Å². The van der Waals surface area contributed by atoms with E-state index in [1.165, 1.54) is 12.3 Å². The van der Waals surface area contributed by atoms with Crippen molar-refractivity contribution in [1.82, 2.24) is 4.98 Å². The second kappa shape index (κ2) is 2.85. The number of hydrogen-bond acceptors (Lipinski definition) is 4. The van der Waals surface area contributed by atoms with E-state index in [1.807, 2.05) is 0 Å². The molecule has 0 amide bonds. The van der Waals surface area contributed by atoms with Crippen LogP contribution in [0.4, 0.5) is 5.69 Å². The minimum Gasteiger partial charge on any atom is -0.478 e. The van der Waals surface area contributed by atoms with E-state index in [1.54, 1.807) is 6.21 Å². The lowest BCUT2D eigenvalue weighted by Gasteiger charge is -2.09. The highest BCUT2D eigenvalue weighted by Crippen LogP contribution is 2.27. The average Bonchev–Trinajstić information content (AvgIpc) is 2.17. The van der Waals surface area contributed by atoms with Gasteiger partial charge in [-0.1, -0.05) is 0 Å². The van der Waals surface area contributed by atoms with Crippen molar-refractivity contribution in [1.29, 1.82) is 0 Å². The number of rotatable bonds is 1. The normalized spacial score (nSPS) is 13.2. The summed E-state index contributed by atoms with van der Waals surface area (Å²) in [5, 5.41) is 8.65. The Hall–Kier alpha value is -1.91. The lowest BCUT2D eigenvalue weighted by Crippen LogP contribution is -2.06. The van der Waals surface area contributed by atoms with E-state index in [0.717, 1.165) is 0 Å². The average molecular weight is 178 g/mol. The Morgan fingerprint density at radius 3 is 3.23 bits per heavy atom. The van der Waals surface area contributed by atoms with Crippen molar-refractivity contribution in [2.24, 2.45) is 4.99 Å². The minimum absolute atomic E-state index is 0.112. The molecule has 0 spiro atoms. The van der Waals surface area contributed by atoms with Gasteiger partial charge in [-0.05, 0) is 6.07 Å². The molecule has 5 nitrogen and oxygen atoms in total. The molecule has 0 aromatic carbocycles. The summed E-state index contributed by atoms with van der Waals surface area (Å²) in [6.45, 7) is 0.381. The number of carboxylic acids is 1. The van der Waals surface area contributed by atoms with Crippen molar-refractivity contribution in [3.8, 4) is 5.88 Å². The van der Waals surface area contributed by atoms with Gasteiger partial charge in [0.25, 0.3) is 0 Å². The zero-order valence-corrected chi connectivity index (χ0v) is 6.60. The van der Waals surface area contributed by atoms with Gasteiger partial charge in [-0.3, -0.25) is 4.99 Å². The summed E-state index contributed by atoms with van der Waals surface area (Å²) in [6, 6.07) is 1.43. The molecular weight excluding hydrogens is 172 g/mol. The van der Waals surface area contributed by atoms with E-state index in [9.17, 15) is 4.79 Å². The third kappa shape index (κ3) is 1.35. The Morgan fingerprint density at radius 2 is 2.46 bits per heavy atom. The molecule has 2 rings (SSSR count). The van der Waals surface area contributed by atoms with Gasteiger partial charge in [0.05, 0.1) is 5.56 Å². The number of aromatic carboxylic acids is 1. The van der Waals surface area contributed by atoms with Crippen LogP contribution in [0, 0.1) is 0 Å². The van der Waals surface area contributed by atoms with Crippen LogP contribution in [0.25, 0.3) is 0 Å². The molecule has 13 heavy (non-hydrogen) atoms. The molecule has 0 saturated carbocycles. The largest absolute Gasteiger partial charge is 0.478 e. The third-order valence-electron chi connectivity index (χ3n) is 1.60. The smallest absolute Gasteiger partial charge is 0.337 e. The van der Waals surface area contributed by atoms with Crippen molar-refractivity contribution in [2.45, 2.75) is 0 Å². The number of carbonyl (C=O) groups is 1. The summed E-state index contributed by atoms with van der Waals surface area (Å²) >= 11 is 0. The molecule has 0 aliphatic carbocycles. The Morgan fingerprint density at radius 1 is 1.62 bits per heavy atom.